The van der Waals surface area contributed by atoms with Crippen molar-refractivity contribution in [3.63, 3.8) is 0 Å². The van der Waals surface area contributed by atoms with Crippen molar-refractivity contribution in [3.8, 4) is 0 Å². The van der Waals surface area contributed by atoms with E-state index in [1.54, 1.807) is 12.1 Å². The molecule has 18 heavy (non-hydrogen) atoms. The lowest BCUT2D eigenvalue weighted by atomic mass is 10.0. The van der Waals surface area contributed by atoms with E-state index in [0.717, 1.165) is 24.0 Å². The van der Waals surface area contributed by atoms with Gasteiger partial charge in [-0.25, -0.2) is 4.79 Å². The van der Waals surface area contributed by atoms with Gasteiger partial charge in [-0.15, -0.1) is 0 Å². The minimum absolute atomic E-state index is 0.0514. The Labute approximate surface area is 121 Å². The highest BCUT2D eigenvalue weighted by Gasteiger charge is 2.21. The fourth-order valence-electron chi connectivity index (χ4n) is 2.16. The summed E-state index contributed by atoms with van der Waals surface area (Å²) in [5, 5.41) is 3.51. The van der Waals surface area contributed by atoms with Gasteiger partial charge >= 0.3 is 6.03 Å². The average molecular weight is 332 g/mol. The van der Waals surface area contributed by atoms with Crippen LogP contribution in [0.25, 0.3) is 0 Å². The molecule has 0 bridgehead atoms. The number of benzene rings is 1. The van der Waals surface area contributed by atoms with Crippen molar-refractivity contribution in [3.05, 3.63) is 27.7 Å². The van der Waals surface area contributed by atoms with Crippen LogP contribution in [-0.2, 0) is 0 Å². The topological polar surface area (TPSA) is 32.3 Å². The van der Waals surface area contributed by atoms with E-state index < -0.39 is 0 Å². The second kappa shape index (κ2) is 5.93. The molecule has 1 N–H and O–H groups in total. The first-order valence-electron chi connectivity index (χ1n) is 6.07. The molecule has 1 unspecified atom stereocenters. The predicted octanol–water partition coefficient (Wildman–Crippen LogP) is 4.37. The van der Waals surface area contributed by atoms with Crippen molar-refractivity contribution in [1.29, 1.82) is 0 Å². The lowest BCUT2D eigenvalue weighted by molar-refractivity contribution is 0.182. The Bertz CT molecular complexity index is 453. The molecule has 1 aromatic rings. The fraction of sp³-hybridized carbons (Fsp3) is 0.462. The van der Waals surface area contributed by atoms with Crippen LogP contribution in [0.15, 0.2) is 22.7 Å². The average Bonchev–Trinajstić information content (AvgIpc) is 2.34. The van der Waals surface area contributed by atoms with Crippen LogP contribution >= 0.6 is 27.5 Å². The molecule has 1 fully saturated rings. The number of piperidine rings is 1. The summed E-state index contributed by atoms with van der Waals surface area (Å²) in [5.74, 6) is 0.576. The molecule has 0 radical (unpaired) electrons. The molecular formula is C13H16BrClN2O. The molecule has 1 saturated heterocycles. The monoisotopic (exact) mass is 330 g/mol. The number of nitrogens with one attached hydrogen (secondary N) is 1. The number of carbonyl (C=O) groups is 1. The third-order valence-corrected chi connectivity index (χ3v) is 4.04. The van der Waals surface area contributed by atoms with E-state index in [1.165, 1.54) is 6.42 Å². The van der Waals surface area contributed by atoms with E-state index in [1.807, 2.05) is 11.0 Å². The van der Waals surface area contributed by atoms with Crippen LogP contribution in [0.4, 0.5) is 10.5 Å². The van der Waals surface area contributed by atoms with Gasteiger partial charge in [0, 0.05) is 22.6 Å². The normalized spacial score (nSPS) is 19.7. The predicted molar refractivity (Wildman–Crippen MR) is 78.1 cm³/mol. The first-order chi connectivity index (χ1) is 8.56. The number of nitrogens with zero attached hydrogens (tertiary/aromatic N) is 1. The maximum Gasteiger partial charge on any atom is 0.321 e. The van der Waals surface area contributed by atoms with Gasteiger partial charge in [0.15, 0.2) is 0 Å². The number of carbonyl (C=O) groups excluding carboxylic acids is 1. The quantitative estimate of drug-likeness (QED) is 0.814. The molecule has 1 aliphatic rings. The van der Waals surface area contributed by atoms with E-state index in [-0.39, 0.29) is 6.03 Å². The van der Waals surface area contributed by atoms with Crippen molar-refractivity contribution >= 4 is 39.2 Å². The molecule has 0 saturated carbocycles. The molecule has 98 valence electrons. The molecule has 3 nitrogen and oxygen atoms in total. The maximum absolute atomic E-state index is 12.1. The Morgan fingerprint density at radius 1 is 1.56 bits per heavy atom. The third-order valence-electron chi connectivity index (χ3n) is 3.11. The Morgan fingerprint density at radius 3 is 3.06 bits per heavy atom. The standard InChI is InChI=1S/C13H16BrClN2O/c1-9-3-2-6-17(8-9)13(18)16-12-7-10(15)4-5-11(12)14/h4-5,7,9H,2-3,6,8H2,1H3,(H,16,18). The van der Waals surface area contributed by atoms with Crippen LogP contribution in [0, 0.1) is 5.92 Å². The molecule has 1 aromatic carbocycles. The van der Waals surface area contributed by atoms with Gasteiger partial charge in [0.2, 0.25) is 0 Å². The number of hydrogen-bond acceptors (Lipinski definition) is 1. The lowest BCUT2D eigenvalue weighted by Crippen LogP contribution is -2.41. The van der Waals surface area contributed by atoms with E-state index in [0.29, 0.717) is 16.6 Å². The van der Waals surface area contributed by atoms with E-state index >= 15 is 0 Å². The van der Waals surface area contributed by atoms with E-state index in [9.17, 15) is 4.79 Å². The number of urea groups is 1. The number of hydrogen-bond donors (Lipinski definition) is 1. The minimum Gasteiger partial charge on any atom is -0.324 e. The molecule has 1 atom stereocenters. The van der Waals surface area contributed by atoms with Gasteiger partial charge in [-0.2, -0.15) is 0 Å². The summed E-state index contributed by atoms with van der Waals surface area (Å²) in [6, 6.07) is 5.31. The Balaban J connectivity index is 2.04. The molecule has 2 amide bonds. The smallest absolute Gasteiger partial charge is 0.321 e. The molecule has 1 heterocycles. The van der Waals surface area contributed by atoms with Crippen LogP contribution in [0.5, 0.6) is 0 Å². The summed E-state index contributed by atoms with van der Waals surface area (Å²) in [4.78, 5) is 14.0. The first-order valence-corrected chi connectivity index (χ1v) is 7.24. The highest BCUT2D eigenvalue weighted by atomic mass is 79.9. The zero-order chi connectivity index (χ0) is 13.1. The maximum atomic E-state index is 12.1. The van der Waals surface area contributed by atoms with Crippen molar-refractivity contribution < 1.29 is 4.79 Å². The number of rotatable bonds is 1. The van der Waals surface area contributed by atoms with Crippen LogP contribution < -0.4 is 5.32 Å². The van der Waals surface area contributed by atoms with Crippen LogP contribution in [0.1, 0.15) is 19.8 Å². The van der Waals surface area contributed by atoms with Gasteiger partial charge in [-0.05, 0) is 52.9 Å². The fourth-order valence-corrected chi connectivity index (χ4v) is 2.68. The van der Waals surface area contributed by atoms with Gasteiger partial charge in [0.1, 0.15) is 0 Å². The van der Waals surface area contributed by atoms with Crippen LogP contribution in [0.2, 0.25) is 5.02 Å². The molecule has 0 aliphatic carbocycles. The Morgan fingerprint density at radius 2 is 2.33 bits per heavy atom. The second-order valence-electron chi connectivity index (χ2n) is 4.75. The molecule has 0 aromatic heterocycles. The zero-order valence-corrected chi connectivity index (χ0v) is 12.6. The Hall–Kier alpha value is -0.740. The number of likely N-dealkylation sites (tertiary alicyclic amines) is 1. The second-order valence-corrected chi connectivity index (χ2v) is 6.04. The summed E-state index contributed by atoms with van der Waals surface area (Å²) in [5.41, 5.74) is 0.714. The lowest BCUT2D eigenvalue weighted by Gasteiger charge is -2.31. The highest BCUT2D eigenvalue weighted by molar-refractivity contribution is 9.10. The van der Waals surface area contributed by atoms with Gasteiger partial charge in [-0.3, -0.25) is 0 Å². The highest BCUT2D eigenvalue weighted by Crippen LogP contribution is 2.26. The van der Waals surface area contributed by atoms with Gasteiger partial charge in [0.05, 0.1) is 5.69 Å². The third kappa shape index (κ3) is 3.39. The SMILES string of the molecule is CC1CCCN(C(=O)Nc2cc(Cl)ccc2Br)C1. The summed E-state index contributed by atoms with van der Waals surface area (Å²) in [7, 11) is 0. The van der Waals surface area contributed by atoms with E-state index in [2.05, 4.69) is 28.2 Å². The molecule has 1 aliphatic heterocycles. The van der Waals surface area contributed by atoms with E-state index in [4.69, 9.17) is 11.6 Å². The summed E-state index contributed by atoms with van der Waals surface area (Å²) < 4.78 is 0.838. The zero-order valence-electron chi connectivity index (χ0n) is 10.2. The molecule has 2 rings (SSSR count). The van der Waals surface area contributed by atoms with Gasteiger partial charge < -0.3 is 10.2 Å². The molecule has 5 heteroatoms. The largest absolute Gasteiger partial charge is 0.324 e. The number of halogens is 2. The molecule has 0 spiro atoms. The van der Waals surface area contributed by atoms with Crippen molar-refractivity contribution in [1.82, 2.24) is 4.90 Å². The summed E-state index contributed by atoms with van der Waals surface area (Å²) >= 11 is 9.33. The minimum atomic E-state index is -0.0514. The van der Waals surface area contributed by atoms with Crippen LogP contribution in [-0.4, -0.2) is 24.0 Å². The van der Waals surface area contributed by atoms with Crippen molar-refractivity contribution in [2.24, 2.45) is 5.92 Å². The Kier molecular flexibility index (Phi) is 4.51. The molecular weight excluding hydrogens is 316 g/mol. The van der Waals surface area contributed by atoms with Gasteiger partial charge in [0.25, 0.3) is 0 Å². The summed E-state index contributed by atoms with van der Waals surface area (Å²) in [6.07, 6.45) is 2.27. The van der Waals surface area contributed by atoms with Gasteiger partial charge in [-0.1, -0.05) is 18.5 Å². The number of anilines is 1. The first kappa shape index (κ1) is 13.7. The van der Waals surface area contributed by atoms with Crippen molar-refractivity contribution in [2.75, 3.05) is 18.4 Å². The van der Waals surface area contributed by atoms with Crippen LogP contribution in [0.3, 0.4) is 0 Å². The summed E-state index contributed by atoms with van der Waals surface area (Å²) in [6.45, 7) is 3.83. The van der Waals surface area contributed by atoms with Crippen molar-refractivity contribution in [2.45, 2.75) is 19.8 Å². The number of amides is 2.